The number of benzene rings is 1. The number of pyridine rings is 1. The van der Waals surface area contributed by atoms with Crippen LogP contribution in [0.3, 0.4) is 0 Å². The Morgan fingerprint density at radius 1 is 1.12 bits per heavy atom. The average molecular weight is 368 g/mol. The van der Waals surface area contributed by atoms with Crippen molar-refractivity contribution in [2.45, 2.75) is 19.6 Å². The minimum Gasteiger partial charge on any atom is -0.454 e. The zero-order valence-electron chi connectivity index (χ0n) is 13.7. The van der Waals surface area contributed by atoms with E-state index in [9.17, 15) is 27.6 Å². The van der Waals surface area contributed by atoms with Gasteiger partial charge in [-0.3, -0.25) is 14.4 Å². The van der Waals surface area contributed by atoms with Crippen LogP contribution in [0.2, 0.25) is 0 Å². The largest absolute Gasteiger partial charge is 0.454 e. The number of alkyl halides is 3. The molecule has 0 saturated carbocycles. The molecule has 0 spiro atoms. The molecule has 1 aromatic carbocycles. The van der Waals surface area contributed by atoms with Crippen LogP contribution in [0.4, 0.5) is 18.9 Å². The molecule has 0 aliphatic rings. The number of ether oxygens (including phenoxy) is 1. The Labute approximate surface area is 146 Å². The Kier molecular flexibility index (Phi) is 5.81. The monoisotopic (exact) mass is 368 g/mol. The van der Waals surface area contributed by atoms with Crippen LogP contribution in [-0.2, 0) is 27.0 Å². The topological polar surface area (TPSA) is 77.4 Å². The van der Waals surface area contributed by atoms with Gasteiger partial charge in [-0.25, -0.2) is 0 Å². The predicted molar refractivity (Wildman–Crippen MR) is 86.5 cm³/mol. The molecule has 0 bridgehead atoms. The van der Waals surface area contributed by atoms with E-state index < -0.39 is 42.3 Å². The predicted octanol–water partition coefficient (Wildman–Crippen LogP) is 2.36. The summed E-state index contributed by atoms with van der Waals surface area (Å²) in [6.45, 7) is 0.518. The molecule has 2 rings (SSSR count). The van der Waals surface area contributed by atoms with E-state index in [0.29, 0.717) is 28.6 Å². The van der Waals surface area contributed by atoms with Gasteiger partial charge in [-0.2, -0.15) is 13.2 Å². The Bertz CT molecular complexity index is 858. The van der Waals surface area contributed by atoms with Crippen LogP contribution in [0.5, 0.6) is 0 Å². The van der Waals surface area contributed by atoms with E-state index in [1.54, 1.807) is 24.3 Å². The first kappa shape index (κ1) is 19.2. The first-order chi connectivity index (χ1) is 12.1. The van der Waals surface area contributed by atoms with Crippen molar-refractivity contribution in [2.75, 3.05) is 11.9 Å². The highest BCUT2D eigenvalue weighted by Gasteiger charge is 2.31. The van der Waals surface area contributed by atoms with Gasteiger partial charge in [0.15, 0.2) is 6.61 Å². The van der Waals surface area contributed by atoms with Crippen LogP contribution < -0.4 is 10.9 Å². The Morgan fingerprint density at radius 2 is 1.77 bits per heavy atom. The molecule has 0 radical (unpaired) electrons. The van der Waals surface area contributed by atoms with Crippen molar-refractivity contribution in [2.24, 2.45) is 0 Å². The molecule has 26 heavy (non-hydrogen) atoms. The van der Waals surface area contributed by atoms with Gasteiger partial charge in [0.1, 0.15) is 6.54 Å². The van der Waals surface area contributed by atoms with Gasteiger partial charge in [-0.1, -0.05) is 17.7 Å². The van der Waals surface area contributed by atoms with Gasteiger partial charge in [-0.05, 0) is 25.1 Å². The van der Waals surface area contributed by atoms with E-state index in [2.05, 4.69) is 5.32 Å². The molecule has 0 aliphatic carbocycles. The van der Waals surface area contributed by atoms with Crippen molar-refractivity contribution in [1.29, 1.82) is 0 Å². The highest BCUT2D eigenvalue weighted by atomic mass is 19.4. The molecule has 0 aliphatic heterocycles. The maximum Gasteiger partial charge on any atom is 0.417 e. The summed E-state index contributed by atoms with van der Waals surface area (Å²) in [5, 5.41) is 2.50. The van der Waals surface area contributed by atoms with Gasteiger partial charge in [0.25, 0.3) is 11.5 Å². The van der Waals surface area contributed by atoms with Crippen molar-refractivity contribution < 1.29 is 27.5 Å². The van der Waals surface area contributed by atoms with Crippen LogP contribution in [-0.4, -0.2) is 23.1 Å². The molecule has 2 aromatic rings. The summed E-state index contributed by atoms with van der Waals surface area (Å²) in [5.74, 6) is -1.62. The zero-order chi connectivity index (χ0) is 19.3. The van der Waals surface area contributed by atoms with Gasteiger partial charge in [-0.15, -0.1) is 0 Å². The number of carbonyl (C=O) groups is 2. The molecule has 1 aromatic heterocycles. The standard InChI is InChI=1S/C17H15F3N2O4/c1-11-2-5-13(6-3-11)21-14(23)10-26-16(25)9-22-8-12(17(18,19)20)4-7-15(22)24/h2-8H,9-10H2,1H3,(H,21,23). The van der Waals surface area contributed by atoms with Crippen LogP contribution >= 0.6 is 0 Å². The van der Waals surface area contributed by atoms with E-state index in [1.165, 1.54) is 0 Å². The average Bonchev–Trinajstić information content (AvgIpc) is 2.56. The SMILES string of the molecule is Cc1ccc(NC(=O)COC(=O)Cn2cc(C(F)(F)F)ccc2=O)cc1. The van der Waals surface area contributed by atoms with Crippen LogP contribution in [0, 0.1) is 6.92 Å². The minimum atomic E-state index is -4.65. The van der Waals surface area contributed by atoms with Gasteiger partial charge >= 0.3 is 12.1 Å². The zero-order valence-corrected chi connectivity index (χ0v) is 13.7. The number of aromatic nitrogens is 1. The number of nitrogens with one attached hydrogen (secondary N) is 1. The number of amides is 1. The van der Waals surface area contributed by atoms with Gasteiger partial charge in [0.2, 0.25) is 0 Å². The fourth-order valence-corrected chi connectivity index (χ4v) is 1.99. The molecular weight excluding hydrogens is 353 g/mol. The lowest BCUT2D eigenvalue weighted by molar-refractivity contribution is -0.148. The highest BCUT2D eigenvalue weighted by Crippen LogP contribution is 2.27. The summed E-state index contributed by atoms with van der Waals surface area (Å²) >= 11 is 0. The van der Waals surface area contributed by atoms with Gasteiger partial charge < -0.3 is 14.6 Å². The highest BCUT2D eigenvalue weighted by molar-refractivity contribution is 5.92. The van der Waals surface area contributed by atoms with Crippen LogP contribution in [0.1, 0.15) is 11.1 Å². The Hall–Kier alpha value is -3.10. The first-order valence-corrected chi connectivity index (χ1v) is 7.45. The summed E-state index contributed by atoms with van der Waals surface area (Å²) in [7, 11) is 0. The molecule has 0 saturated heterocycles. The number of hydrogen-bond acceptors (Lipinski definition) is 4. The maximum atomic E-state index is 12.6. The molecule has 138 valence electrons. The molecule has 1 N–H and O–H groups in total. The van der Waals surface area contributed by atoms with Crippen molar-refractivity contribution in [1.82, 2.24) is 4.57 Å². The van der Waals surface area contributed by atoms with E-state index in [-0.39, 0.29) is 0 Å². The fourth-order valence-electron chi connectivity index (χ4n) is 1.99. The second-order valence-electron chi connectivity index (χ2n) is 5.46. The molecule has 0 fully saturated rings. The lowest BCUT2D eigenvalue weighted by Gasteiger charge is -2.11. The van der Waals surface area contributed by atoms with Crippen LogP contribution in [0.15, 0.2) is 47.4 Å². The molecule has 9 heteroatoms. The van der Waals surface area contributed by atoms with Gasteiger partial charge in [0.05, 0.1) is 5.56 Å². The number of hydrogen-bond donors (Lipinski definition) is 1. The lowest BCUT2D eigenvalue weighted by atomic mass is 10.2. The third-order valence-corrected chi connectivity index (χ3v) is 3.31. The summed E-state index contributed by atoms with van der Waals surface area (Å²) in [6, 6.07) is 8.22. The second-order valence-corrected chi connectivity index (χ2v) is 5.46. The van der Waals surface area contributed by atoms with Crippen molar-refractivity contribution in [3.63, 3.8) is 0 Å². The normalized spacial score (nSPS) is 11.1. The molecule has 0 atom stereocenters. The maximum absolute atomic E-state index is 12.6. The Morgan fingerprint density at radius 3 is 2.38 bits per heavy atom. The first-order valence-electron chi connectivity index (χ1n) is 7.45. The summed E-state index contributed by atoms with van der Waals surface area (Å²) in [4.78, 5) is 34.9. The van der Waals surface area contributed by atoms with E-state index in [4.69, 9.17) is 4.74 Å². The molecule has 1 heterocycles. The van der Waals surface area contributed by atoms with Crippen molar-refractivity contribution >= 4 is 17.6 Å². The van der Waals surface area contributed by atoms with Crippen LogP contribution in [0.25, 0.3) is 0 Å². The number of rotatable bonds is 5. The number of esters is 1. The summed E-state index contributed by atoms with van der Waals surface area (Å²) in [6.07, 6.45) is -4.12. The quantitative estimate of drug-likeness (QED) is 0.822. The fraction of sp³-hybridized carbons (Fsp3) is 0.235. The number of nitrogens with zero attached hydrogens (tertiary/aromatic N) is 1. The smallest absolute Gasteiger partial charge is 0.417 e. The van der Waals surface area contributed by atoms with E-state index in [1.807, 2.05) is 6.92 Å². The summed E-state index contributed by atoms with van der Waals surface area (Å²) < 4.78 is 43.2. The number of aryl methyl sites for hydroxylation is 1. The second kappa shape index (κ2) is 7.85. The molecule has 0 unspecified atom stereocenters. The van der Waals surface area contributed by atoms with Crippen molar-refractivity contribution in [3.8, 4) is 0 Å². The Balaban J connectivity index is 1.91. The molecule has 6 nitrogen and oxygen atoms in total. The third kappa shape index (κ3) is 5.47. The lowest BCUT2D eigenvalue weighted by Crippen LogP contribution is -2.28. The van der Waals surface area contributed by atoms with E-state index in [0.717, 1.165) is 5.56 Å². The van der Waals surface area contributed by atoms with Gasteiger partial charge in [0, 0.05) is 18.0 Å². The number of halogens is 3. The van der Waals surface area contributed by atoms with Crippen molar-refractivity contribution in [3.05, 3.63) is 64.1 Å². The number of anilines is 1. The summed E-state index contributed by atoms with van der Waals surface area (Å²) in [5.41, 5.74) is -0.354. The number of carbonyl (C=O) groups excluding carboxylic acids is 2. The minimum absolute atomic E-state index is 0.505. The third-order valence-electron chi connectivity index (χ3n) is 3.31. The molecule has 1 amide bonds. The molecular formula is C17H15F3N2O4. The van der Waals surface area contributed by atoms with E-state index >= 15 is 0 Å².